The number of rotatable bonds is 3. The number of ether oxygens (including phenoxy) is 1. The number of nitrogens with two attached hydrogens (primary N) is 1. The fourth-order valence-corrected chi connectivity index (χ4v) is 1.38. The molecule has 1 aromatic rings. The summed E-state index contributed by atoms with van der Waals surface area (Å²) in [4.78, 5) is 0. The molecule has 13 heavy (non-hydrogen) atoms. The van der Waals surface area contributed by atoms with Gasteiger partial charge in [0, 0.05) is 12.1 Å². The van der Waals surface area contributed by atoms with Crippen molar-refractivity contribution in [2.75, 3.05) is 7.11 Å². The number of methoxy groups -OCH3 is 1. The third kappa shape index (κ3) is 1.75. The molecule has 0 aliphatic rings. The molecule has 0 aliphatic carbocycles. The monoisotopic (exact) mass is 181 g/mol. The van der Waals surface area contributed by atoms with Crippen LogP contribution in [0, 0.1) is 0 Å². The van der Waals surface area contributed by atoms with E-state index >= 15 is 0 Å². The zero-order chi connectivity index (χ0) is 9.84. The highest BCUT2D eigenvalue weighted by atomic mass is 16.5. The van der Waals surface area contributed by atoms with E-state index in [1.54, 1.807) is 6.07 Å². The van der Waals surface area contributed by atoms with Crippen molar-refractivity contribution in [3.8, 4) is 11.5 Å². The number of hydrogen-bond donors (Lipinski definition) is 2. The zero-order valence-corrected chi connectivity index (χ0v) is 8.00. The maximum absolute atomic E-state index is 9.70. The summed E-state index contributed by atoms with van der Waals surface area (Å²) in [7, 11) is 1.53. The van der Waals surface area contributed by atoms with Gasteiger partial charge in [0.2, 0.25) is 0 Å². The highest BCUT2D eigenvalue weighted by Crippen LogP contribution is 2.31. The Morgan fingerprint density at radius 3 is 2.62 bits per heavy atom. The fraction of sp³-hybridized carbons (Fsp3) is 0.400. The summed E-state index contributed by atoms with van der Waals surface area (Å²) in [5.41, 5.74) is 7.38. The average molecular weight is 181 g/mol. The minimum atomic E-state index is 0.171. The standard InChI is InChI=1S/C10H15NO2/c1-3-7-4-5-9(13-2)10(12)8(7)6-11/h4-5,12H,3,6,11H2,1-2H3. The molecule has 0 amide bonds. The second-order valence-corrected chi connectivity index (χ2v) is 2.81. The van der Waals surface area contributed by atoms with Crippen LogP contribution in [0.25, 0.3) is 0 Å². The number of aryl methyl sites for hydroxylation is 1. The van der Waals surface area contributed by atoms with Crippen LogP contribution in [0.3, 0.4) is 0 Å². The minimum Gasteiger partial charge on any atom is -0.504 e. The van der Waals surface area contributed by atoms with Crippen molar-refractivity contribution in [2.45, 2.75) is 19.9 Å². The summed E-state index contributed by atoms with van der Waals surface area (Å²) in [6.07, 6.45) is 0.865. The Morgan fingerprint density at radius 1 is 1.46 bits per heavy atom. The van der Waals surface area contributed by atoms with Gasteiger partial charge in [0.25, 0.3) is 0 Å². The lowest BCUT2D eigenvalue weighted by Crippen LogP contribution is -2.02. The normalized spacial score (nSPS) is 10.1. The predicted molar refractivity (Wildman–Crippen MR) is 51.9 cm³/mol. The topological polar surface area (TPSA) is 55.5 Å². The van der Waals surface area contributed by atoms with E-state index in [9.17, 15) is 5.11 Å². The van der Waals surface area contributed by atoms with Gasteiger partial charge >= 0.3 is 0 Å². The Bertz CT molecular complexity index is 297. The lowest BCUT2D eigenvalue weighted by atomic mass is 10.0. The van der Waals surface area contributed by atoms with Crippen LogP contribution in [-0.4, -0.2) is 12.2 Å². The first-order valence-electron chi connectivity index (χ1n) is 4.32. The maximum Gasteiger partial charge on any atom is 0.162 e. The van der Waals surface area contributed by atoms with Gasteiger partial charge in [-0.3, -0.25) is 0 Å². The minimum absolute atomic E-state index is 0.171. The van der Waals surface area contributed by atoms with Crippen molar-refractivity contribution < 1.29 is 9.84 Å². The molecule has 0 saturated carbocycles. The molecule has 3 N–H and O–H groups in total. The van der Waals surface area contributed by atoms with Crippen LogP contribution >= 0.6 is 0 Å². The average Bonchev–Trinajstić information content (AvgIpc) is 2.17. The third-order valence-corrected chi connectivity index (χ3v) is 2.15. The van der Waals surface area contributed by atoms with E-state index in [1.165, 1.54) is 7.11 Å². The first-order valence-corrected chi connectivity index (χ1v) is 4.32. The van der Waals surface area contributed by atoms with E-state index in [-0.39, 0.29) is 5.75 Å². The number of hydrogen-bond acceptors (Lipinski definition) is 3. The van der Waals surface area contributed by atoms with Crippen LogP contribution in [-0.2, 0) is 13.0 Å². The van der Waals surface area contributed by atoms with Gasteiger partial charge in [-0.25, -0.2) is 0 Å². The highest BCUT2D eigenvalue weighted by Gasteiger charge is 2.09. The number of phenols is 1. The van der Waals surface area contributed by atoms with Crippen molar-refractivity contribution in [2.24, 2.45) is 5.73 Å². The fourth-order valence-electron chi connectivity index (χ4n) is 1.38. The largest absolute Gasteiger partial charge is 0.504 e. The van der Waals surface area contributed by atoms with Gasteiger partial charge in [-0.05, 0) is 18.1 Å². The first-order chi connectivity index (χ1) is 6.24. The second-order valence-electron chi connectivity index (χ2n) is 2.81. The van der Waals surface area contributed by atoms with Crippen LogP contribution in [0.5, 0.6) is 11.5 Å². The number of phenolic OH excluding ortho intramolecular Hbond substituents is 1. The molecule has 0 unspecified atom stereocenters. The molecule has 1 rings (SSSR count). The van der Waals surface area contributed by atoms with Crippen molar-refractivity contribution >= 4 is 0 Å². The molecule has 0 heterocycles. The molecule has 0 atom stereocenters. The van der Waals surface area contributed by atoms with Crippen LogP contribution in [0.15, 0.2) is 12.1 Å². The Labute approximate surface area is 78.1 Å². The Hall–Kier alpha value is -1.22. The van der Waals surface area contributed by atoms with Gasteiger partial charge in [-0.15, -0.1) is 0 Å². The molecular weight excluding hydrogens is 166 g/mol. The molecule has 0 fully saturated rings. The van der Waals surface area contributed by atoms with Crippen molar-refractivity contribution in [1.29, 1.82) is 0 Å². The molecule has 0 aromatic heterocycles. The van der Waals surface area contributed by atoms with Gasteiger partial charge in [0.05, 0.1) is 7.11 Å². The molecule has 3 heteroatoms. The van der Waals surface area contributed by atoms with Crippen molar-refractivity contribution in [1.82, 2.24) is 0 Å². The van der Waals surface area contributed by atoms with Crippen LogP contribution in [0.2, 0.25) is 0 Å². The van der Waals surface area contributed by atoms with Crippen molar-refractivity contribution in [3.63, 3.8) is 0 Å². The van der Waals surface area contributed by atoms with Gasteiger partial charge in [0.1, 0.15) is 0 Å². The van der Waals surface area contributed by atoms with E-state index < -0.39 is 0 Å². The quantitative estimate of drug-likeness (QED) is 0.741. The van der Waals surface area contributed by atoms with Gasteiger partial charge in [0.15, 0.2) is 11.5 Å². The van der Waals surface area contributed by atoms with Gasteiger partial charge in [-0.2, -0.15) is 0 Å². The Kier molecular flexibility index (Phi) is 3.14. The summed E-state index contributed by atoms with van der Waals surface area (Å²) in [5.74, 6) is 0.655. The van der Waals surface area contributed by atoms with Crippen LogP contribution in [0.1, 0.15) is 18.1 Å². The van der Waals surface area contributed by atoms with E-state index in [2.05, 4.69) is 0 Å². The highest BCUT2D eigenvalue weighted by molar-refractivity contribution is 5.49. The molecule has 0 saturated heterocycles. The van der Waals surface area contributed by atoms with Crippen LogP contribution < -0.4 is 10.5 Å². The molecule has 3 nitrogen and oxygen atoms in total. The van der Waals surface area contributed by atoms with Gasteiger partial charge in [-0.1, -0.05) is 13.0 Å². The molecular formula is C10H15NO2. The van der Waals surface area contributed by atoms with E-state index in [1.807, 2.05) is 13.0 Å². The molecule has 1 aromatic carbocycles. The predicted octanol–water partition coefficient (Wildman–Crippen LogP) is 1.42. The Balaban J connectivity index is 3.23. The molecule has 72 valence electrons. The summed E-state index contributed by atoms with van der Waals surface area (Å²) in [6.45, 7) is 2.37. The first kappa shape index (κ1) is 9.86. The summed E-state index contributed by atoms with van der Waals surface area (Å²) in [6, 6.07) is 3.69. The molecule has 0 radical (unpaired) electrons. The zero-order valence-electron chi connectivity index (χ0n) is 8.00. The number of benzene rings is 1. The number of aromatic hydroxyl groups is 1. The second kappa shape index (κ2) is 4.14. The summed E-state index contributed by atoms with van der Waals surface area (Å²) >= 11 is 0. The smallest absolute Gasteiger partial charge is 0.162 e. The molecule has 0 aliphatic heterocycles. The van der Waals surface area contributed by atoms with E-state index in [4.69, 9.17) is 10.5 Å². The van der Waals surface area contributed by atoms with E-state index in [0.29, 0.717) is 12.3 Å². The molecule has 0 spiro atoms. The van der Waals surface area contributed by atoms with Crippen LogP contribution in [0.4, 0.5) is 0 Å². The SMILES string of the molecule is CCc1ccc(OC)c(O)c1CN. The summed E-state index contributed by atoms with van der Waals surface area (Å²) in [5, 5.41) is 9.70. The van der Waals surface area contributed by atoms with Gasteiger partial charge < -0.3 is 15.6 Å². The Morgan fingerprint density at radius 2 is 2.15 bits per heavy atom. The van der Waals surface area contributed by atoms with E-state index in [0.717, 1.165) is 17.5 Å². The molecule has 0 bridgehead atoms. The van der Waals surface area contributed by atoms with Crippen molar-refractivity contribution in [3.05, 3.63) is 23.3 Å². The summed E-state index contributed by atoms with van der Waals surface area (Å²) < 4.78 is 4.98. The third-order valence-electron chi connectivity index (χ3n) is 2.15. The maximum atomic E-state index is 9.70. The lowest BCUT2D eigenvalue weighted by Gasteiger charge is -2.11. The lowest BCUT2D eigenvalue weighted by molar-refractivity contribution is 0.370.